The van der Waals surface area contributed by atoms with Gasteiger partial charge in [-0.2, -0.15) is 0 Å². The summed E-state index contributed by atoms with van der Waals surface area (Å²) in [6, 6.07) is 0. The smallest absolute Gasteiger partial charge is 0.407 e. The maximum Gasteiger partial charge on any atom is 0.407 e. The Balaban J connectivity index is 4.34. The summed E-state index contributed by atoms with van der Waals surface area (Å²) >= 11 is 0. The Morgan fingerprint density at radius 2 is 1.36 bits per heavy atom. The minimum absolute atomic E-state index is 0.115. The SMILES string of the molecule is CCOC(=O)CCC(CCNC(=O)OC(C)(C)C)CCC(=O)OCC. The van der Waals surface area contributed by atoms with Crippen LogP contribution >= 0.6 is 0 Å². The van der Waals surface area contributed by atoms with E-state index in [4.69, 9.17) is 14.2 Å². The number of carbonyl (C=O) groups excluding carboxylic acids is 3. The molecular formula is C18H33NO6. The molecule has 0 aliphatic heterocycles. The van der Waals surface area contributed by atoms with Crippen molar-refractivity contribution in [1.29, 1.82) is 0 Å². The first-order valence-electron chi connectivity index (χ1n) is 8.96. The van der Waals surface area contributed by atoms with E-state index in [-0.39, 0.29) is 17.9 Å². The lowest BCUT2D eigenvalue weighted by Crippen LogP contribution is -2.33. The summed E-state index contributed by atoms with van der Waals surface area (Å²) < 4.78 is 15.0. The zero-order chi connectivity index (χ0) is 19.3. The summed E-state index contributed by atoms with van der Waals surface area (Å²) in [5, 5.41) is 2.70. The van der Waals surface area contributed by atoms with Gasteiger partial charge in [-0.15, -0.1) is 0 Å². The lowest BCUT2D eigenvalue weighted by Gasteiger charge is -2.21. The molecule has 1 N–H and O–H groups in total. The molecule has 0 aromatic carbocycles. The molecule has 0 atom stereocenters. The fourth-order valence-electron chi connectivity index (χ4n) is 2.24. The van der Waals surface area contributed by atoms with Crippen molar-refractivity contribution in [3.8, 4) is 0 Å². The summed E-state index contributed by atoms with van der Waals surface area (Å²) in [5.74, 6) is -0.378. The van der Waals surface area contributed by atoms with Crippen molar-refractivity contribution < 1.29 is 28.6 Å². The Bertz CT molecular complexity index is 394. The van der Waals surface area contributed by atoms with Gasteiger partial charge in [-0.25, -0.2) is 4.79 Å². The first-order valence-corrected chi connectivity index (χ1v) is 8.96. The number of amides is 1. The number of ether oxygens (including phenoxy) is 3. The van der Waals surface area contributed by atoms with Gasteiger partial charge in [0.25, 0.3) is 0 Å². The van der Waals surface area contributed by atoms with Crippen molar-refractivity contribution >= 4 is 18.0 Å². The van der Waals surface area contributed by atoms with Crippen molar-refractivity contribution in [3.63, 3.8) is 0 Å². The second-order valence-corrected chi connectivity index (χ2v) is 6.77. The van der Waals surface area contributed by atoms with Gasteiger partial charge in [-0.05, 0) is 59.8 Å². The molecule has 0 heterocycles. The molecule has 7 nitrogen and oxygen atoms in total. The predicted molar refractivity (Wildman–Crippen MR) is 94.1 cm³/mol. The summed E-state index contributed by atoms with van der Waals surface area (Å²) in [6.07, 6.45) is 1.99. The molecule has 0 aromatic heterocycles. The van der Waals surface area contributed by atoms with Crippen molar-refractivity contribution in [3.05, 3.63) is 0 Å². The highest BCUT2D eigenvalue weighted by Gasteiger charge is 2.18. The van der Waals surface area contributed by atoms with E-state index >= 15 is 0 Å². The monoisotopic (exact) mass is 359 g/mol. The Labute approximate surface area is 150 Å². The van der Waals surface area contributed by atoms with Gasteiger partial charge in [0.05, 0.1) is 13.2 Å². The fourth-order valence-corrected chi connectivity index (χ4v) is 2.24. The molecule has 0 radical (unpaired) electrons. The van der Waals surface area contributed by atoms with Crippen LogP contribution in [-0.2, 0) is 23.8 Å². The average molecular weight is 359 g/mol. The first-order chi connectivity index (χ1) is 11.7. The van der Waals surface area contributed by atoms with E-state index in [1.807, 2.05) is 0 Å². The van der Waals surface area contributed by atoms with Crippen LogP contribution in [0.25, 0.3) is 0 Å². The van der Waals surface area contributed by atoms with E-state index in [9.17, 15) is 14.4 Å². The molecule has 0 fully saturated rings. The van der Waals surface area contributed by atoms with E-state index in [2.05, 4.69) is 5.32 Å². The van der Waals surface area contributed by atoms with Crippen LogP contribution in [-0.4, -0.2) is 43.4 Å². The second-order valence-electron chi connectivity index (χ2n) is 6.77. The number of carbonyl (C=O) groups is 3. The molecule has 0 bridgehead atoms. The van der Waals surface area contributed by atoms with Gasteiger partial charge < -0.3 is 19.5 Å². The van der Waals surface area contributed by atoms with Gasteiger partial charge in [-0.3, -0.25) is 9.59 Å². The molecule has 0 spiro atoms. The Kier molecular flexibility index (Phi) is 11.7. The van der Waals surface area contributed by atoms with Crippen LogP contribution in [0.15, 0.2) is 0 Å². The molecule has 0 aliphatic carbocycles. The number of alkyl carbamates (subject to hydrolysis) is 1. The molecule has 0 saturated heterocycles. The topological polar surface area (TPSA) is 90.9 Å². The van der Waals surface area contributed by atoms with Crippen LogP contribution < -0.4 is 5.32 Å². The number of esters is 2. The lowest BCUT2D eigenvalue weighted by molar-refractivity contribution is -0.143. The van der Waals surface area contributed by atoms with Crippen LogP contribution in [0.5, 0.6) is 0 Å². The molecule has 1 amide bonds. The van der Waals surface area contributed by atoms with E-state index < -0.39 is 11.7 Å². The number of rotatable bonds is 11. The third kappa shape index (κ3) is 14.3. The van der Waals surface area contributed by atoms with Gasteiger partial charge in [0.2, 0.25) is 0 Å². The summed E-state index contributed by atoms with van der Waals surface area (Å²) in [7, 11) is 0. The van der Waals surface area contributed by atoms with Crippen molar-refractivity contribution in [2.45, 2.75) is 72.3 Å². The molecule has 0 rings (SSSR count). The zero-order valence-corrected chi connectivity index (χ0v) is 16.2. The largest absolute Gasteiger partial charge is 0.466 e. The second kappa shape index (κ2) is 12.6. The van der Waals surface area contributed by atoms with E-state index in [1.54, 1.807) is 34.6 Å². The molecule has 0 unspecified atom stereocenters. The first kappa shape index (κ1) is 23.2. The van der Waals surface area contributed by atoms with Gasteiger partial charge in [0, 0.05) is 19.4 Å². The number of hydrogen-bond acceptors (Lipinski definition) is 6. The highest BCUT2D eigenvalue weighted by molar-refractivity contribution is 5.70. The minimum atomic E-state index is -0.544. The van der Waals surface area contributed by atoms with Gasteiger partial charge >= 0.3 is 18.0 Å². The Hall–Kier alpha value is -1.79. The Morgan fingerprint density at radius 3 is 1.76 bits per heavy atom. The molecule has 146 valence electrons. The van der Waals surface area contributed by atoms with Crippen LogP contribution in [0.1, 0.15) is 66.7 Å². The predicted octanol–water partition coefficient (Wildman–Crippen LogP) is 3.20. The van der Waals surface area contributed by atoms with E-state index in [0.29, 0.717) is 51.9 Å². The zero-order valence-electron chi connectivity index (χ0n) is 16.2. The van der Waals surface area contributed by atoms with Crippen molar-refractivity contribution in [1.82, 2.24) is 5.32 Å². The molecule has 25 heavy (non-hydrogen) atoms. The van der Waals surface area contributed by atoms with Crippen LogP contribution in [0.2, 0.25) is 0 Å². The molecule has 7 heteroatoms. The molecule has 0 aliphatic rings. The van der Waals surface area contributed by atoms with Crippen LogP contribution in [0, 0.1) is 5.92 Å². The van der Waals surface area contributed by atoms with Gasteiger partial charge in [0.15, 0.2) is 0 Å². The standard InChI is InChI=1S/C18H33NO6/c1-6-23-15(20)10-8-14(9-11-16(21)24-7-2)12-13-19-17(22)25-18(3,4)5/h14H,6-13H2,1-5H3,(H,19,22). The molecule has 0 saturated carbocycles. The van der Waals surface area contributed by atoms with Gasteiger partial charge in [-0.1, -0.05) is 0 Å². The van der Waals surface area contributed by atoms with Crippen molar-refractivity contribution in [2.75, 3.05) is 19.8 Å². The van der Waals surface area contributed by atoms with E-state index in [1.165, 1.54) is 0 Å². The molecule has 0 aromatic rings. The summed E-state index contributed by atoms with van der Waals surface area (Å²) in [4.78, 5) is 34.7. The number of nitrogens with one attached hydrogen (secondary N) is 1. The highest BCUT2D eigenvalue weighted by atomic mass is 16.6. The van der Waals surface area contributed by atoms with Crippen LogP contribution in [0.4, 0.5) is 4.79 Å². The van der Waals surface area contributed by atoms with Crippen LogP contribution in [0.3, 0.4) is 0 Å². The maximum absolute atomic E-state index is 11.7. The summed E-state index contributed by atoms with van der Waals surface area (Å²) in [5.41, 5.74) is -0.544. The highest BCUT2D eigenvalue weighted by Crippen LogP contribution is 2.18. The van der Waals surface area contributed by atoms with Gasteiger partial charge in [0.1, 0.15) is 5.60 Å². The van der Waals surface area contributed by atoms with Crippen molar-refractivity contribution in [2.24, 2.45) is 5.92 Å². The minimum Gasteiger partial charge on any atom is -0.466 e. The Morgan fingerprint density at radius 1 is 0.880 bits per heavy atom. The number of hydrogen-bond donors (Lipinski definition) is 1. The average Bonchev–Trinajstić information content (AvgIpc) is 2.48. The molecular weight excluding hydrogens is 326 g/mol. The maximum atomic E-state index is 11.7. The normalized spacial score (nSPS) is 11.1. The lowest BCUT2D eigenvalue weighted by atomic mass is 9.94. The van der Waals surface area contributed by atoms with E-state index in [0.717, 1.165) is 0 Å². The summed E-state index contributed by atoms with van der Waals surface area (Å²) in [6.45, 7) is 10.1. The third-order valence-electron chi connectivity index (χ3n) is 3.34. The quantitative estimate of drug-likeness (QED) is 0.450. The third-order valence-corrected chi connectivity index (χ3v) is 3.34. The fraction of sp³-hybridized carbons (Fsp3) is 0.833.